The van der Waals surface area contributed by atoms with Crippen LogP contribution in [0.4, 0.5) is 0 Å². The number of unbranched alkanes of at least 4 members (excludes halogenated alkanes) is 42. The molecule has 75 heavy (non-hydrogen) atoms. The highest BCUT2D eigenvalue weighted by atomic mass is 16.7. The molecule has 1 aliphatic rings. The summed E-state index contributed by atoms with van der Waals surface area (Å²) in [5.41, 5.74) is 0. The first kappa shape index (κ1) is 71.4. The van der Waals surface area contributed by atoms with Gasteiger partial charge in [0.25, 0.3) is 0 Å². The topological polar surface area (TPSA) is 175 Å². The van der Waals surface area contributed by atoms with Crippen molar-refractivity contribution in [2.75, 3.05) is 13.2 Å². The molecule has 1 amide bonds. The van der Waals surface area contributed by atoms with E-state index in [0.29, 0.717) is 19.3 Å². The lowest BCUT2D eigenvalue weighted by molar-refractivity contribution is -0.305. The molecule has 0 aromatic rings. The van der Waals surface area contributed by atoms with Gasteiger partial charge < -0.3 is 45.1 Å². The van der Waals surface area contributed by atoms with Crippen molar-refractivity contribution in [3.63, 3.8) is 0 Å². The number of esters is 1. The zero-order chi connectivity index (χ0) is 54.7. The molecule has 1 saturated heterocycles. The molecule has 0 radical (unpaired) electrons. The Labute approximate surface area is 461 Å². The van der Waals surface area contributed by atoms with Gasteiger partial charge in [-0.25, -0.2) is 0 Å². The summed E-state index contributed by atoms with van der Waals surface area (Å²) >= 11 is 0. The summed E-state index contributed by atoms with van der Waals surface area (Å²) in [6.45, 7) is 5.83. The molecule has 0 aliphatic carbocycles. The Morgan fingerprint density at radius 1 is 0.507 bits per heavy atom. The van der Waals surface area contributed by atoms with Crippen molar-refractivity contribution in [1.82, 2.24) is 5.32 Å². The van der Waals surface area contributed by atoms with Crippen molar-refractivity contribution in [3.05, 3.63) is 12.2 Å². The lowest BCUT2D eigenvalue weighted by Gasteiger charge is -2.41. The lowest BCUT2D eigenvalue weighted by atomic mass is 9.99. The van der Waals surface area contributed by atoms with Crippen LogP contribution in [0.5, 0.6) is 0 Å². The third-order valence-corrected chi connectivity index (χ3v) is 15.7. The van der Waals surface area contributed by atoms with Crippen LogP contribution >= 0.6 is 0 Å². The predicted molar refractivity (Wildman–Crippen MR) is 311 cm³/mol. The van der Waals surface area contributed by atoms with Gasteiger partial charge in [-0.2, -0.15) is 0 Å². The summed E-state index contributed by atoms with van der Waals surface area (Å²) in [5, 5.41) is 57.0. The molecule has 11 nitrogen and oxygen atoms in total. The summed E-state index contributed by atoms with van der Waals surface area (Å²) in [6, 6.07) is -1.02. The highest BCUT2D eigenvalue weighted by Crippen LogP contribution is 2.26. The van der Waals surface area contributed by atoms with Crippen molar-refractivity contribution < 1.29 is 49.3 Å². The molecule has 6 N–H and O–H groups in total. The number of hydrogen-bond donors (Lipinski definition) is 6. The summed E-state index contributed by atoms with van der Waals surface area (Å²) < 4.78 is 17.6. The van der Waals surface area contributed by atoms with Crippen LogP contribution in [-0.4, -0.2) is 99.6 Å². The van der Waals surface area contributed by atoms with E-state index in [9.17, 15) is 35.1 Å². The minimum absolute atomic E-state index is 0.132. The maximum Gasteiger partial charge on any atom is 0.306 e. The fourth-order valence-electron chi connectivity index (χ4n) is 10.5. The van der Waals surface area contributed by atoms with Crippen LogP contribution in [0.2, 0.25) is 0 Å². The van der Waals surface area contributed by atoms with Crippen LogP contribution in [-0.2, 0) is 23.8 Å². The van der Waals surface area contributed by atoms with Crippen molar-refractivity contribution in [3.8, 4) is 0 Å². The summed E-state index contributed by atoms with van der Waals surface area (Å²) in [4.78, 5) is 26.6. The van der Waals surface area contributed by atoms with Gasteiger partial charge in [-0.15, -0.1) is 0 Å². The minimum Gasteiger partial charge on any atom is -0.454 e. The van der Waals surface area contributed by atoms with Crippen molar-refractivity contribution in [2.45, 2.75) is 372 Å². The molecular formula is C64H123NO10. The molecule has 0 aromatic carbocycles. The highest BCUT2D eigenvalue weighted by Gasteiger charge is 2.47. The van der Waals surface area contributed by atoms with Crippen molar-refractivity contribution in [2.24, 2.45) is 0 Å². The van der Waals surface area contributed by atoms with Gasteiger partial charge >= 0.3 is 5.97 Å². The van der Waals surface area contributed by atoms with Crippen LogP contribution in [0, 0.1) is 0 Å². The Bertz CT molecular complexity index is 1270. The Morgan fingerprint density at radius 2 is 0.867 bits per heavy atom. The molecule has 11 heteroatoms. The first-order chi connectivity index (χ1) is 36.7. The van der Waals surface area contributed by atoms with Crippen LogP contribution < -0.4 is 5.32 Å². The molecule has 1 rings (SSSR count). The summed E-state index contributed by atoms with van der Waals surface area (Å²) in [7, 11) is 0. The molecule has 0 bridgehead atoms. The maximum absolute atomic E-state index is 13.4. The van der Waals surface area contributed by atoms with Gasteiger partial charge in [0.1, 0.15) is 24.4 Å². The van der Waals surface area contributed by atoms with Crippen molar-refractivity contribution >= 4 is 11.9 Å². The third-order valence-electron chi connectivity index (χ3n) is 15.7. The monoisotopic (exact) mass is 1070 g/mol. The quantitative estimate of drug-likeness (QED) is 0.0195. The van der Waals surface area contributed by atoms with E-state index in [2.05, 4.69) is 26.1 Å². The first-order valence-corrected chi connectivity index (χ1v) is 32.5. The van der Waals surface area contributed by atoms with E-state index in [-0.39, 0.29) is 13.0 Å². The maximum atomic E-state index is 13.4. The largest absolute Gasteiger partial charge is 0.454 e. The molecule has 0 saturated carbocycles. The molecule has 1 heterocycles. The van der Waals surface area contributed by atoms with Crippen molar-refractivity contribution in [1.29, 1.82) is 0 Å². The van der Waals surface area contributed by atoms with Crippen LogP contribution in [0.3, 0.4) is 0 Å². The van der Waals surface area contributed by atoms with E-state index >= 15 is 0 Å². The molecule has 8 atom stereocenters. The number of aliphatic hydroxyl groups is 5. The summed E-state index contributed by atoms with van der Waals surface area (Å²) in [6.07, 6.45) is 49.7. The molecule has 0 aromatic heterocycles. The SMILES string of the molecule is CCCCCCCCCCC/C=C/C(O)C(COC1OC(CO)C(O)C(O)C1OC(=O)CCCCCCCCCCCCCCCCCCC)NC(=O)C(O)CCCCCCCCCCCCCCCCCCCC. The van der Waals surface area contributed by atoms with E-state index in [1.165, 1.54) is 218 Å². The Kier molecular flexibility index (Phi) is 50.5. The average Bonchev–Trinajstić information content (AvgIpc) is 3.41. The van der Waals surface area contributed by atoms with Gasteiger partial charge in [0.15, 0.2) is 12.4 Å². The number of ether oxygens (including phenoxy) is 3. The third kappa shape index (κ3) is 41.1. The van der Waals surface area contributed by atoms with Gasteiger partial charge in [0, 0.05) is 6.42 Å². The molecule has 1 aliphatic heterocycles. The number of hydrogen-bond acceptors (Lipinski definition) is 10. The zero-order valence-corrected chi connectivity index (χ0v) is 49.2. The molecule has 444 valence electrons. The van der Waals surface area contributed by atoms with Gasteiger partial charge in [-0.1, -0.05) is 303 Å². The van der Waals surface area contributed by atoms with Crippen LogP contribution in [0.1, 0.15) is 323 Å². The number of rotatable bonds is 56. The number of allylic oxidation sites excluding steroid dienone is 1. The Balaban J connectivity index is 2.62. The van der Waals surface area contributed by atoms with Gasteiger partial charge in [-0.3, -0.25) is 9.59 Å². The fraction of sp³-hybridized carbons (Fsp3) is 0.938. The number of nitrogens with one attached hydrogen (secondary N) is 1. The van der Waals surface area contributed by atoms with E-state index in [1.54, 1.807) is 6.08 Å². The standard InChI is InChI=1S/C64H123NO10/c1-4-7-10-13-16-19-22-24-26-28-30-31-33-36-39-42-45-48-51-57(68)63(72)65-55(56(67)50-47-44-41-38-35-21-18-15-12-9-6-3)54-73-64-62(61(71)60(70)58(53-66)74-64)75-59(69)52-49-46-43-40-37-34-32-29-27-25-23-20-17-14-11-8-5-2/h47,50,55-58,60-62,64,66-68,70-71H,4-46,48-49,51-54H2,1-3H3,(H,65,72)/b50-47+. The molecule has 0 spiro atoms. The summed E-state index contributed by atoms with van der Waals surface area (Å²) in [5.74, 6) is -1.17. The van der Waals surface area contributed by atoms with Crippen LogP contribution in [0.25, 0.3) is 0 Å². The second kappa shape index (κ2) is 53.1. The molecule has 1 fully saturated rings. The molecule has 8 unspecified atom stereocenters. The second-order valence-corrected chi connectivity index (χ2v) is 22.9. The van der Waals surface area contributed by atoms with E-state index in [1.807, 2.05) is 6.08 Å². The Morgan fingerprint density at radius 3 is 1.25 bits per heavy atom. The molecular weight excluding hydrogens is 943 g/mol. The average molecular weight is 1070 g/mol. The Hall–Kier alpha value is -1.60. The zero-order valence-electron chi connectivity index (χ0n) is 49.2. The number of aliphatic hydroxyl groups excluding tert-OH is 5. The van der Waals surface area contributed by atoms with Gasteiger partial charge in [-0.05, 0) is 25.7 Å². The fourth-order valence-corrected chi connectivity index (χ4v) is 10.5. The van der Waals surface area contributed by atoms with E-state index < -0.39 is 67.4 Å². The number of carbonyl (C=O) groups is 2. The number of carbonyl (C=O) groups excluding carboxylic acids is 2. The minimum atomic E-state index is -1.61. The smallest absolute Gasteiger partial charge is 0.306 e. The normalized spacial score (nSPS) is 19.2. The van der Waals surface area contributed by atoms with E-state index in [4.69, 9.17) is 14.2 Å². The van der Waals surface area contributed by atoms with Gasteiger partial charge in [0.2, 0.25) is 5.91 Å². The van der Waals surface area contributed by atoms with Gasteiger partial charge in [0.05, 0.1) is 25.4 Å². The predicted octanol–water partition coefficient (Wildman–Crippen LogP) is 15.5. The first-order valence-electron chi connectivity index (χ1n) is 32.5. The lowest BCUT2D eigenvalue weighted by Crippen LogP contribution is -2.61. The second-order valence-electron chi connectivity index (χ2n) is 22.9. The van der Waals surface area contributed by atoms with E-state index in [0.717, 1.165) is 57.8 Å². The highest BCUT2D eigenvalue weighted by molar-refractivity contribution is 5.80. The van der Waals surface area contributed by atoms with Crippen LogP contribution in [0.15, 0.2) is 12.2 Å². The number of amides is 1.